The number of hydrogen-bond donors (Lipinski definition) is 1. The molecule has 7 atom stereocenters. The molecule has 1 aliphatic carbocycles. The second kappa shape index (κ2) is 13.4. The summed E-state index contributed by atoms with van der Waals surface area (Å²) in [7, 11) is 0. The Bertz CT molecular complexity index is 854. The lowest BCUT2D eigenvalue weighted by molar-refractivity contribution is -0.545. The van der Waals surface area contributed by atoms with E-state index in [0.717, 1.165) is 34.6 Å². The first-order chi connectivity index (χ1) is 16.2. The molecule has 0 bridgehead atoms. The van der Waals surface area contributed by atoms with Gasteiger partial charge in [-0.05, 0) is 6.42 Å². The summed E-state index contributed by atoms with van der Waals surface area (Å²) in [5, 5.41) is 22.0. The summed E-state index contributed by atoms with van der Waals surface area (Å²) in [6.45, 7) is 4.40. The molecule has 0 saturated heterocycles. The molecule has 1 unspecified atom stereocenters. The maximum Gasteiger partial charge on any atom is 0.303 e. The molecule has 35 heavy (non-hydrogen) atoms. The van der Waals surface area contributed by atoms with Crippen LogP contribution in [0.3, 0.4) is 0 Å². The minimum absolute atomic E-state index is 0.0899. The topological polar surface area (TPSA) is 195 Å². The number of carbonyl (C=O) groups is 5. The third kappa shape index (κ3) is 9.31. The fraction of sp³-hybridized carbons (Fsp3) is 0.667. The van der Waals surface area contributed by atoms with Crippen molar-refractivity contribution in [2.75, 3.05) is 6.61 Å². The highest BCUT2D eigenvalue weighted by molar-refractivity contribution is 5.69. The lowest BCUT2D eigenvalue weighted by atomic mass is 9.79. The Morgan fingerprint density at radius 1 is 0.886 bits per heavy atom. The molecule has 0 spiro atoms. The van der Waals surface area contributed by atoms with Gasteiger partial charge in [0, 0.05) is 39.5 Å². The molecule has 0 aromatic rings. The van der Waals surface area contributed by atoms with E-state index in [0.29, 0.717) is 0 Å². The molecule has 1 N–H and O–H groups in total. The molecule has 196 valence electrons. The van der Waals surface area contributed by atoms with Gasteiger partial charge in [-0.3, -0.25) is 34.1 Å². The van der Waals surface area contributed by atoms with Gasteiger partial charge in [-0.25, -0.2) is 0 Å². The number of aliphatic hydroxyl groups is 1. The van der Waals surface area contributed by atoms with Gasteiger partial charge in [-0.1, -0.05) is 12.2 Å². The summed E-state index contributed by atoms with van der Waals surface area (Å²) < 4.78 is 25.9. The van der Waals surface area contributed by atoms with E-state index >= 15 is 0 Å². The fourth-order valence-corrected chi connectivity index (χ4v) is 3.75. The molecule has 0 radical (unpaired) electrons. The quantitative estimate of drug-likeness (QED) is 0.129. The van der Waals surface area contributed by atoms with Gasteiger partial charge in [-0.2, -0.15) is 0 Å². The Morgan fingerprint density at radius 2 is 1.40 bits per heavy atom. The van der Waals surface area contributed by atoms with E-state index in [1.165, 1.54) is 12.2 Å². The maximum atomic E-state index is 12.0. The molecule has 0 heterocycles. The summed E-state index contributed by atoms with van der Waals surface area (Å²) in [6, 6.07) is -1.69. The van der Waals surface area contributed by atoms with Crippen LogP contribution in [0.1, 0.15) is 41.0 Å². The van der Waals surface area contributed by atoms with Crippen molar-refractivity contribution in [2.45, 2.75) is 77.6 Å². The minimum atomic E-state index is -1.76. The zero-order chi connectivity index (χ0) is 26.9. The Balaban J connectivity index is 3.68. The molecule has 14 heteroatoms. The van der Waals surface area contributed by atoms with Crippen molar-refractivity contribution in [3.8, 4) is 0 Å². The number of nitrogens with zero attached hydrogens (tertiary/aromatic N) is 1. The zero-order valence-electron chi connectivity index (χ0n) is 19.9. The minimum Gasteiger partial charge on any atom is -0.462 e. The van der Waals surface area contributed by atoms with Crippen LogP contribution in [0.15, 0.2) is 12.2 Å². The number of rotatable bonds is 11. The van der Waals surface area contributed by atoms with Crippen molar-refractivity contribution in [1.29, 1.82) is 0 Å². The van der Waals surface area contributed by atoms with E-state index in [1.54, 1.807) is 0 Å². The number of esters is 5. The van der Waals surface area contributed by atoms with Crippen LogP contribution in [0.25, 0.3) is 0 Å². The zero-order valence-corrected chi connectivity index (χ0v) is 19.9. The predicted octanol–water partition coefficient (Wildman–Crippen LogP) is -0.141. The van der Waals surface area contributed by atoms with E-state index in [1.807, 2.05) is 0 Å². The summed E-state index contributed by atoms with van der Waals surface area (Å²) in [5.74, 6) is -5.75. The number of allylic oxidation sites excluding steroid dienone is 1. The molecule has 0 aliphatic heterocycles. The number of ether oxygens (including phenoxy) is 5. The van der Waals surface area contributed by atoms with Crippen molar-refractivity contribution < 1.29 is 57.7 Å². The van der Waals surface area contributed by atoms with Gasteiger partial charge in [0.1, 0.15) is 12.7 Å². The van der Waals surface area contributed by atoms with E-state index in [4.69, 9.17) is 23.7 Å². The van der Waals surface area contributed by atoms with Crippen molar-refractivity contribution in [1.82, 2.24) is 0 Å². The van der Waals surface area contributed by atoms with Gasteiger partial charge < -0.3 is 28.8 Å². The molecule has 0 aromatic heterocycles. The second-order valence-electron chi connectivity index (χ2n) is 7.77. The van der Waals surface area contributed by atoms with Crippen LogP contribution in [-0.2, 0) is 47.7 Å². The Labute approximate surface area is 200 Å². The van der Waals surface area contributed by atoms with Crippen LogP contribution in [0.2, 0.25) is 0 Å². The predicted molar refractivity (Wildman–Crippen MR) is 113 cm³/mol. The van der Waals surface area contributed by atoms with Gasteiger partial charge >= 0.3 is 29.8 Å². The summed E-state index contributed by atoms with van der Waals surface area (Å²) in [5.41, 5.74) is 0. The first-order valence-corrected chi connectivity index (χ1v) is 10.5. The monoisotopic (exact) mass is 503 g/mol. The Morgan fingerprint density at radius 3 is 1.86 bits per heavy atom. The van der Waals surface area contributed by atoms with E-state index in [-0.39, 0.29) is 6.42 Å². The molecule has 0 saturated carbocycles. The molecule has 1 aliphatic rings. The van der Waals surface area contributed by atoms with Crippen LogP contribution >= 0.6 is 0 Å². The van der Waals surface area contributed by atoms with Gasteiger partial charge in [0.15, 0.2) is 24.4 Å². The smallest absolute Gasteiger partial charge is 0.303 e. The van der Waals surface area contributed by atoms with Crippen molar-refractivity contribution >= 4 is 29.8 Å². The van der Waals surface area contributed by atoms with Crippen LogP contribution in [0, 0.1) is 16.0 Å². The highest BCUT2D eigenvalue weighted by Crippen LogP contribution is 2.33. The second-order valence-corrected chi connectivity index (χ2v) is 7.77. The first-order valence-electron chi connectivity index (χ1n) is 10.5. The molecular weight excluding hydrogens is 474 g/mol. The first kappa shape index (κ1) is 29.5. The lowest BCUT2D eigenvalue weighted by Crippen LogP contribution is -2.58. The van der Waals surface area contributed by atoms with Gasteiger partial charge in [-0.15, -0.1) is 0 Å². The summed E-state index contributed by atoms with van der Waals surface area (Å²) >= 11 is 0. The van der Waals surface area contributed by atoms with E-state index in [2.05, 4.69) is 0 Å². The van der Waals surface area contributed by atoms with Gasteiger partial charge in [0.25, 0.3) is 0 Å². The Kier molecular flexibility index (Phi) is 11.3. The molecule has 14 nitrogen and oxygen atoms in total. The standard InChI is InChI=1S/C21H29NO13/c1-10(23)31-9-17(32-11(2)24)20(34-13(4)26)21(35-14(5)27)19(33-12(3)25)15-7-6-8-16(28)18(15)22(29)30/h6,8,15-21,28H,7,9H2,1-5H3/t15-,16-,17+,18+,19?,20+,21+/m0/s1. The van der Waals surface area contributed by atoms with E-state index in [9.17, 15) is 39.2 Å². The largest absolute Gasteiger partial charge is 0.462 e. The van der Waals surface area contributed by atoms with Crippen LogP contribution < -0.4 is 0 Å². The summed E-state index contributed by atoms with van der Waals surface area (Å²) in [6.07, 6.45) is -5.73. The summed E-state index contributed by atoms with van der Waals surface area (Å²) in [4.78, 5) is 70.0. The molecular formula is C21H29NO13. The highest BCUT2D eigenvalue weighted by atomic mass is 16.6. The van der Waals surface area contributed by atoms with Crippen molar-refractivity contribution in [3.63, 3.8) is 0 Å². The third-order valence-corrected chi connectivity index (χ3v) is 4.88. The van der Waals surface area contributed by atoms with Crippen LogP contribution in [-0.4, -0.2) is 83.0 Å². The molecule has 0 fully saturated rings. The van der Waals surface area contributed by atoms with Gasteiger partial charge in [0.2, 0.25) is 6.04 Å². The van der Waals surface area contributed by atoms with Crippen molar-refractivity contribution in [2.24, 2.45) is 5.92 Å². The SMILES string of the molecule is CC(=O)OC[C@@H](OC(C)=O)[C@@H](OC(C)=O)[C@H](OC(C)=O)C(OC(C)=O)[C@H]1CC=C[C@H](O)[C@@H]1[N+](=O)[O-]. The fourth-order valence-electron chi connectivity index (χ4n) is 3.75. The number of aliphatic hydroxyl groups excluding tert-OH is 1. The highest BCUT2D eigenvalue weighted by Gasteiger charge is 2.53. The normalized spacial score (nSPS) is 22.5. The number of nitro groups is 1. The van der Waals surface area contributed by atoms with Crippen molar-refractivity contribution in [3.05, 3.63) is 22.3 Å². The third-order valence-electron chi connectivity index (χ3n) is 4.88. The molecule has 0 aromatic carbocycles. The number of hydrogen-bond acceptors (Lipinski definition) is 13. The number of carbonyl (C=O) groups excluding carboxylic acids is 5. The lowest BCUT2D eigenvalue weighted by Gasteiger charge is -2.39. The molecule has 1 rings (SSSR count). The van der Waals surface area contributed by atoms with Crippen LogP contribution in [0.4, 0.5) is 0 Å². The van der Waals surface area contributed by atoms with Crippen LogP contribution in [0.5, 0.6) is 0 Å². The Hall–Kier alpha value is -3.55. The molecule has 0 amide bonds. The maximum absolute atomic E-state index is 12.0. The average molecular weight is 503 g/mol. The van der Waals surface area contributed by atoms with Gasteiger partial charge in [0.05, 0.1) is 5.92 Å². The van der Waals surface area contributed by atoms with E-state index < -0.39 is 83.9 Å². The average Bonchev–Trinajstić information content (AvgIpc) is 2.70.